The van der Waals surface area contributed by atoms with Crippen LogP contribution in [0.4, 0.5) is 19.2 Å². The minimum atomic E-state index is -4.14. The number of halogens is 3. The monoisotopic (exact) mass is 306 g/mol. The summed E-state index contributed by atoms with van der Waals surface area (Å²) in [5, 5.41) is 3.24. The molecule has 1 N–H and O–H groups in total. The van der Waals surface area contributed by atoms with Gasteiger partial charge in [0.15, 0.2) is 0 Å². The summed E-state index contributed by atoms with van der Waals surface area (Å²) in [5.41, 5.74) is 0.802. The van der Waals surface area contributed by atoms with Crippen LogP contribution in [0.15, 0.2) is 10.7 Å². The Bertz CT molecular complexity index is 439. The summed E-state index contributed by atoms with van der Waals surface area (Å²) in [6, 6.07) is 0.846. The molecule has 120 valence electrons. The highest BCUT2D eigenvalue weighted by molar-refractivity contribution is 5.28. The molecule has 0 saturated carbocycles. The van der Waals surface area contributed by atoms with Crippen LogP contribution in [0.25, 0.3) is 0 Å². The average Bonchev–Trinajstić information content (AvgIpc) is 2.84. The highest BCUT2D eigenvalue weighted by atomic mass is 19.4. The highest BCUT2D eigenvalue weighted by Gasteiger charge is 2.32. The maximum Gasteiger partial charge on any atom is 0.401 e. The van der Waals surface area contributed by atoms with Gasteiger partial charge < -0.3 is 14.6 Å². The molecule has 2 rings (SSSR count). The van der Waals surface area contributed by atoms with Gasteiger partial charge in [-0.2, -0.15) is 18.2 Å². The van der Waals surface area contributed by atoms with E-state index >= 15 is 0 Å². The number of piperazine rings is 1. The average molecular weight is 306 g/mol. The van der Waals surface area contributed by atoms with E-state index < -0.39 is 12.7 Å². The second-order valence-corrected chi connectivity index (χ2v) is 5.54. The SMILES string of the molecule is CC(C)NCc1coc(N2CCN(CC(F)(F)F)CC2)n1. The van der Waals surface area contributed by atoms with Gasteiger partial charge in [-0.3, -0.25) is 4.90 Å². The fourth-order valence-corrected chi connectivity index (χ4v) is 2.18. The van der Waals surface area contributed by atoms with Crippen molar-refractivity contribution < 1.29 is 17.6 Å². The van der Waals surface area contributed by atoms with Crippen molar-refractivity contribution in [3.8, 4) is 0 Å². The number of nitrogens with zero attached hydrogens (tertiary/aromatic N) is 3. The van der Waals surface area contributed by atoms with Gasteiger partial charge in [0.25, 0.3) is 6.01 Å². The van der Waals surface area contributed by atoms with Crippen molar-refractivity contribution in [3.05, 3.63) is 12.0 Å². The van der Waals surface area contributed by atoms with Gasteiger partial charge in [-0.1, -0.05) is 13.8 Å². The number of alkyl halides is 3. The summed E-state index contributed by atoms with van der Waals surface area (Å²) in [6.45, 7) is 5.57. The van der Waals surface area contributed by atoms with Gasteiger partial charge in [0.05, 0.1) is 12.2 Å². The molecule has 1 aliphatic heterocycles. The van der Waals surface area contributed by atoms with Crippen molar-refractivity contribution in [3.63, 3.8) is 0 Å². The van der Waals surface area contributed by atoms with Crippen molar-refractivity contribution in [2.75, 3.05) is 37.6 Å². The number of nitrogens with one attached hydrogen (secondary N) is 1. The first-order valence-corrected chi connectivity index (χ1v) is 7.05. The van der Waals surface area contributed by atoms with Crippen LogP contribution in [0.1, 0.15) is 19.5 Å². The first-order chi connectivity index (χ1) is 9.83. The number of aromatic nitrogens is 1. The molecule has 0 amide bonds. The Labute approximate surface area is 122 Å². The lowest BCUT2D eigenvalue weighted by molar-refractivity contribution is -0.146. The predicted octanol–water partition coefficient (Wildman–Crippen LogP) is 1.86. The number of rotatable bonds is 5. The Morgan fingerprint density at radius 2 is 1.95 bits per heavy atom. The summed E-state index contributed by atoms with van der Waals surface area (Å²) >= 11 is 0. The van der Waals surface area contributed by atoms with E-state index in [-0.39, 0.29) is 0 Å². The van der Waals surface area contributed by atoms with Gasteiger partial charge >= 0.3 is 6.18 Å². The number of hydrogen-bond donors (Lipinski definition) is 1. The Morgan fingerprint density at radius 3 is 2.52 bits per heavy atom. The van der Waals surface area contributed by atoms with E-state index in [0.29, 0.717) is 44.8 Å². The molecule has 1 aliphatic rings. The summed E-state index contributed by atoms with van der Waals surface area (Å²) in [6.07, 6.45) is -2.55. The van der Waals surface area contributed by atoms with Gasteiger partial charge in [0.1, 0.15) is 6.26 Å². The molecule has 0 unspecified atom stereocenters. The lowest BCUT2D eigenvalue weighted by Crippen LogP contribution is -2.49. The van der Waals surface area contributed by atoms with Gasteiger partial charge in [0.2, 0.25) is 0 Å². The minimum absolute atomic E-state index is 0.357. The highest BCUT2D eigenvalue weighted by Crippen LogP contribution is 2.20. The van der Waals surface area contributed by atoms with E-state index in [0.717, 1.165) is 5.69 Å². The number of hydrogen-bond acceptors (Lipinski definition) is 5. The second-order valence-electron chi connectivity index (χ2n) is 5.54. The molecule has 8 heteroatoms. The van der Waals surface area contributed by atoms with Crippen LogP contribution in [-0.4, -0.2) is 54.8 Å². The third-order valence-electron chi connectivity index (χ3n) is 3.28. The summed E-state index contributed by atoms with van der Waals surface area (Å²) in [4.78, 5) is 7.65. The number of oxazole rings is 1. The van der Waals surface area contributed by atoms with Crippen molar-refractivity contribution >= 4 is 6.01 Å². The largest absolute Gasteiger partial charge is 0.432 e. The fraction of sp³-hybridized carbons (Fsp3) is 0.769. The summed E-state index contributed by atoms with van der Waals surface area (Å²) in [7, 11) is 0. The second kappa shape index (κ2) is 6.65. The maximum absolute atomic E-state index is 12.3. The predicted molar refractivity (Wildman–Crippen MR) is 73.2 cm³/mol. The van der Waals surface area contributed by atoms with Crippen LogP contribution in [0.2, 0.25) is 0 Å². The van der Waals surface area contributed by atoms with E-state index in [2.05, 4.69) is 10.3 Å². The molecule has 1 aromatic heterocycles. The van der Waals surface area contributed by atoms with Crippen LogP contribution in [0.3, 0.4) is 0 Å². The number of anilines is 1. The smallest absolute Gasteiger partial charge is 0.401 e. The Morgan fingerprint density at radius 1 is 1.29 bits per heavy atom. The van der Waals surface area contributed by atoms with Crippen molar-refractivity contribution in [2.45, 2.75) is 32.6 Å². The van der Waals surface area contributed by atoms with Crippen molar-refractivity contribution in [1.82, 2.24) is 15.2 Å². The minimum Gasteiger partial charge on any atom is -0.432 e. The summed E-state index contributed by atoms with van der Waals surface area (Å²) < 4.78 is 42.4. The van der Waals surface area contributed by atoms with Crippen LogP contribution >= 0.6 is 0 Å². The van der Waals surface area contributed by atoms with E-state index in [1.165, 1.54) is 4.90 Å². The molecular weight excluding hydrogens is 285 g/mol. The third-order valence-corrected chi connectivity index (χ3v) is 3.28. The molecule has 0 aromatic carbocycles. The molecule has 1 saturated heterocycles. The normalized spacial score (nSPS) is 17.7. The van der Waals surface area contributed by atoms with Crippen molar-refractivity contribution in [2.24, 2.45) is 0 Å². The zero-order valence-corrected chi connectivity index (χ0v) is 12.3. The Kier molecular flexibility index (Phi) is 5.10. The van der Waals surface area contributed by atoms with E-state index in [1.807, 2.05) is 18.7 Å². The Hall–Kier alpha value is -1.28. The lowest BCUT2D eigenvalue weighted by Gasteiger charge is -2.34. The molecule has 0 radical (unpaired) electrons. The lowest BCUT2D eigenvalue weighted by atomic mass is 10.3. The molecule has 1 fully saturated rings. The molecule has 0 aliphatic carbocycles. The molecule has 0 bridgehead atoms. The molecule has 0 atom stereocenters. The zero-order valence-electron chi connectivity index (χ0n) is 12.3. The van der Waals surface area contributed by atoms with Crippen LogP contribution < -0.4 is 10.2 Å². The van der Waals surface area contributed by atoms with E-state index in [4.69, 9.17) is 4.42 Å². The van der Waals surface area contributed by atoms with Crippen LogP contribution in [-0.2, 0) is 6.54 Å². The standard InChI is InChI=1S/C13H21F3N4O/c1-10(2)17-7-11-8-21-12(18-11)20-5-3-19(4-6-20)9-13(14,15)16/h8,10,17H,3-7,9H2,1-2H3. The zero-order chi connectivity index (χ0) is 15.5. The van der Waals surface area contributed by atoms with Crippen molar-refractivity contribution in [1.29, 1.82) is 0 Å². The molecule has 1 aromatic rings. The fourth-order valence-electron chi connectivity index (χ4n) is 2.18. The molecule has 0 spiro atoms. The molecule has 2 heterocycles. The molecule has 21 heavy (non-hydrogen) atoms. The van der Waals surface area contributed by atoms with Gasteiger partial charge in [-0.15, -0.1) is 0 Å². The summed E-state index contributed by atoms with van der Waals surface area (Å²) in [5.74, 6) is 0. The van der Waals surface area contributed by atoms with Gasteiger partial charge in [-0.05, 0) is 0 Å². The first-order valence-electron chi connectivity index (χ1n) is 7.05. The van der Waals surface area contributed by atoms with E-state index in [1.54, 1.807) is 6.26 Å². The molecular formula is C13H21F3N4O. The Balaban J connectivity index is 1.82. The van der Waals surface area contributed by atoms with Crippen LogP contribution in [0.5, 0.6) is 0 Å². The quantitative estimate of drug-likeness (QED) is 0.899. The van der Waals surface area contributed by atoms with Gasteiger partial charge in [-0.25, -0.2) is 0 Å². The first kappa shape index (κ1) is 16.1. The van der Waals surface area contributed by atoms with Gasteiger partial charge in [0, 0.05) is 38.8 Å². The third kappa shape index (κ3) is 5.20. The topological polar surface area (TPSA) is 44.5 Å². The maximum atomic E-state index is 12.3. The van der Waals surface area contributed by atoms with Crippen LogP contribution in [0, 0.1) is 0 Å². The van der Waals surface area contributed by atoms with E-state index in [9.17, 15) is 13.2 Å². The molecule has 5 nitrogen and oxygen atoms in total.